The van der Waals surface area contributed by atoms with Gasteiger partial charge < -0.3 is 20.4 Å². The van der Waals surface area contributed by atoms with Crippen LogP contribution >= 0.6 is 0 Å². The summed E-state index contributed by atoms with van der Waals surface area (Å²) >= 11 is 0. The van der Waals surface area contributed by atoms with Gasteiger partial charge in [-0.1, -0.05) is 19.3 Å². The van der Waals surface area contributed by atoms with Crippen molar-refractivity contribution in [2.24, 2.45) is 0 Å². The summed E-state index contributed by atoms with van der Waals surface area (Å²) in [6.45, 7) is 2.77. The van der Waals surface area contributed by atoms with E-state index in [1.807, 2.05) is 11.8 Å². The monoisotopic (exact) mass is 272 g/mol. The lowest BCUT2D eigenvalue weighted by atomic mass is 9.94. The Hall–Kier alpha value is -1.30. The fourth-order valence-corrected chi connectivity index (χ4v) is 2.50. The van der Waals surface area contributed by atoms with Crippen molar-refractivity contribution in [1.29, 1.82) is 0 Å². The van der Waals surface area contributed by atoms with E-state index < -0.39 is 12.1 Å². The molecule has 19 heavy (non-hydrogen) atoms. The smallest absolute Gasteiger partial charge is 0.332 e. The van der Waals surface area contributed by atoms with Crippen molar-refractivity contribution in [3.8, 4) is 0 Å². The van der Waals surface area contributed by atoms with E-state index in [0.717, 1.165) is 25.7 Å². The van der Waals surface area contributed by atoms with Crippen LogP contribution < -0.4 is 5.32 Å². The molecule has 1 fully saturated rings. The molecule has 0 bridgehead atoms. The van der Waals surface area contributed by atoms with Crippen LogP contribution in [0.15, 0.2) is 0 Å². The number of nitrogens with one attached hydrogen (secondary N) is 1. The lowest BCUT2D eigenvalue weighted by Gasteiger charge is -2.33. The maximum absolute atomic E-state index is 12.0. The Kier molecular flexibility index (Phi) is 6.62. The Bertz CT molecular complexity index is 303. The molecule has 0 aromatic rings. The number of hydrogen-bond acceptors (Lipinski definition) is 3. The van der Waals surface area contributed by atoms with Crippen LogP contribution in [0.3, 0.4) is 0 Å². The quantitative estimate of drug-likeness (QED) is 0.677. The third-order valence-electron chi connectivity index (χ3n) is 3.60. The van der Waals surface area contributed by atoms with Crippen LogP contribution in [0.4, 0.5) is 4.79 Å². The minimum Gasteiger partial charge on any atom is -0.479 e. The van der Waals surface area contributed by atoms with E-state index in [1.165, 1.54) is 6.42 Å². The number of carbonyl (C=O) groups excluding carboxylic acids is 1. The van der Waals surface area contributed by atoms with E-state index in [1.54, 1.807) is 0 Å². The maximum atomic E-state index is 12.0. The molecule has 1 aliphatic rings. The van der Waals surface area contributed by atoms with Gasteiger partial charge in [-0.05, 0) is 19.8 Å². The standard InChI is InChI=1S/C13H24N2O4/c1-2-15(10-6-4-3-5-7-10)13(19)14-9-8-11(16)12(17)18/h10-11,16H,2-9H2,1H3,(H,14,19)(H,17,18). The van der Waals surface area contributed by atoms with Gasteiger partial charge in [-0.25, -0.2) is 9.59 Å². The Morgan fingerprint density at radius 2 is 1.95 bits per heavy atom. The summed E-state index contributed by atoms with van der Waals surface area (Å²) in [5.41, 5.74) is 0. The summed E-state index contributed by atoms with van der Waals surface area (Å²) in [4.78, 5) is 24.3. The molecule has 0 saturated heterocycles. The Morgan fingerprint density at radius 3 is 2.47 bits per heavy atom. The first-order chi connectivity index (χ1) is 9.06. The van der Waals surface area contributed by atoms with Crippen LogP contribution in [0.1, 0.15) is 45.4 Å². The number of urea groups is 1. The van der Waals surface area contributed by atoms with Crippen LogP contribution in [-0.4, -0.2) is 52.3 Å². The number of carboxylic acids is 1. The zero-order valence-electron chi connectivity index (χ0n) is 11.5. The molecule has 2 amide bonds. The summed E-state index contributed by atoms with van der Waals surface area (Å²) < 4.78 is 0. The van der Waals surface area contributed by atoms with E-state index >= 15 is 0 Å². The molecule has 0 aliphatic heterocycles. The summed E-state index contributed by atoms with van der Waals surface area (Å²) in [5.74, 6) is -1.26. The van der Waals surface area contributed by atoms with Crippen molar-refractivity contribution in [3.05, 3.63) is 0 Å². The van der Waals surface area contributed by atoms with E-state index in [9.17, 15) is 9.59 Å². The van der Waals surface area contributed by atoms with Gasteiger partial charge in [0.2, 0.25) is 0 Å². The van der Waals surface area contributed by atoms with Gasteiger partial charge in [0.05, 0.1) is 0 Å². The minimum atomic E-state index is -1.41. The summed E-state index contributed by atoms with van der Waals surface area (Å²) in [6.07, 6.45) is 4.25. The maximum Gasteiger partial charge on any atom is 0.332 e. The van der Waals surface area contributed by atoms with Gasteiger partial charge in [-0.3, -0.25) is 0 Å². The Labute approximate surface area is 113 Å². The lowest BCUT2D eigenvalue weighted by molar-refractivity contribution is -0.146. The molecule has 0 aromatic heterocycles. The number of aliphatic hydroxyl groups is 1. The van der Waals surface area contributed by atoms with E-state index in [-0.39, 0.29) is 19.0 Å². The number of carboxylic acid groups (broad SMARTS) is 1. The molecular formula is C13H24N2O4. The molecule has 1 atom stereocenters. The molecule has 0 heterocycles. The van der Waals surface area contributed by atoms with Gasteiger partial charge >= 0.3 is 12.0 Å². The fourth-order valence-electron chi connectivity index (χ4n) is 2.50. The van der Waals surface area contributed by atoms with E-state index in [0.29, 0.717) is 12.6 Å². The number of amides is 2. The molecule has 1 rings (SSSR count). The van der Waals surface area contributed by atoms with E-state index in [4.69, 9.17) is 10.2 Å². The van der Waals surface area contributed by atoms with Crippen LogP contribution in [-0.2, 0) is 4.79 Å². The topological polar surface area (TPSA) is 89.9 Å². The fraction of sp³-hybridized carbons (Fsp3) is 0.846. The van der Waals surface area contributed by atoms with Crippen molar-refractivity contribution < 1.29 is 19.8 Å². The van der Waals surface area contributed by atoms with Crippen LogP contribution in [0.5, 0.6) is 0 Å². The molecule has 1 aliphatic carbocycles. The van der Waals surface area contributed by atoms with Gasteiger partial charge in [0.1, 0.15) is 0 Å². The number of carbonyl (C=O) groups is 2. The zero-order chi connectivity index (χ0) is 14.3. The minimum absolute atomic E-state index is 0.0310. The SMILES string of the molecule is CCN(C(=O)NCCC(O)C(=O)O)C1CCCCC1. The lowest BCUT2D eigenvalue weighted by Crippen LogP contribution is -2.47. The predicted molar refractivity (Wildman–Crippen MR) is 70.9 cm³/mol. The molecular weight excluding hydrogens is 248 g/mol. The van der Waals surface area contributed by atoms with Gasteiger partial charge in [0, 0.05) is 25.6 Å². The number of nitrogens with zero attached hydrogens (tertiary/aromatic N) is 1. The van der Waals surface area contributed by atoms with Crippen LogP contribution in [0, 0.1) is 0 Å². The molecule has 6 nitrogen and oxygen atoms in total. The second-order valence-electron chi connectivity index (χ2n) is 4.95. The summed E-state index contributed by atoms with van der Waals surface area (Å²) in [6, 6.07) is 0.134. The second kappa shape index (κ2) is 7.99. The van der Waals surface area contributed by atoms with Crippen molar-refractivity contribution >= 4 is 12.0 Å². The number of rotatable bonds is 6. The molecule has 1 saturated carbocycles. The van der Waals surface area contributed by atoms with E-state index in [2.05, 4.69) is 5.32 Å². The normalized spacial score (nSPS) is 17.8. The molecule has 0 spiro atoms. The van der Waals surface area contributed by atoms with Crippen molar-refractivity contribution in [2.45, 2.75) is 57.6 Å². The van der Waals surface area contributed by atoms with Gasteiger partial charge in [0.25, 0.3) is 0 Å². The van der Waals surface area contributed by atoms with Crippen molar-refractivity contribution in [3.63, 3.8) is 0 Å². The molecule has 0 radical (unpaired) electrons. The van der Waals surface area contributed by atoms with Crippen LogP contribution in [0.2, 0.25) is 0 Å². The number of hydrogen-bond donors (Lipinski definition) is 3. The third kappa shape index (κ3) is 5.06. The average molecular weight is 272 g/mol. The van der Waals surface area contributed by atoms with Gasteiger partial charge in [-0.2, -0.15) is 0 Å². The molecule has 6 heteroatoms. The molecule has 110 valence electrons. The summed E-state index contributed by atoms with van der Waals surface area (Å²) in [7, 11) is 0. The number of aliphatic hydroxyl groups excluding tert-OH is 1. The first-order valence-electron chi connectivity index (χ1n) is 7.01. The zero-order valence-corrected chi connectivity index (χ0v) is 11.5. The van der Waals surface area contributed by atoms with Crippen molar-refractivity contribution in [1.82, 2.24) is 10.2 Å². The van der Waals surface area contributed by atoms with Gasteiger partial charge in [-0.15, -0.1) is 0 Å². The Balaban J connectivity index is 2.34. The first kappa shape index (κ1) is 15.8. The highest BCUT2D eigenvalue weighted by molar-refractivity contribution is 5.75. The summed E-state index contributed by atoms with van der Waals surface area (Å²) in [5, 5.41) is 20.3. The number of aliphatic carboxylic acids is 1. The second-order valence-corrected chi connectivity index (χ2v) is 4.95. The molecule has 1 unspecified atom stereocenters. The van der Waals surface area contributed by atoms with Crippen molar-refractivity contribution in [2.75, 3.05) is 13.1 Å². The highest BCUT2D eigenvalue weighted by Crippen LogP contribution is 2.22. The van der Waals surface area contributed by atoms with Gasteiger partial charge in [0.15, 0.2) is 6.10 Å². The average Bonchev–Trinajstić information content (AvgIpc) is 2.40. The molecule has 0 aromatic carbocycles. The third-order valence-corrected chi connectivity index (χ3v) is 3.60. The largest absolute Gasteiger partial charge is 0.479 e. The van der Waals surface area contributed by atoms with Crippen LogP contribution in [0.25, 0.3) is 0 Å². The molecule has 3 N–H and O–H groups in total. The highest BCUT2D eigenvalue weighted by atomic mass is 16.4. The predicted octanol–water partition coefficient (Wildman–Crippen LogP) is 1.19. The highest BCUT2D eigenvalue weighted by Gasteiger charge is 2.24. The Morgan fingerprint density at radius 1 is 1.32 bits per heavy atom. The first-order valence-corrected chi connectivity index (χ1v) is 7.01.